The molecule has 0 bridgehead atoms. The Bertz CT molecular complexity index is 68.2. The molecule has 0 fully saturated rings. The molecule has 1 N–H and O–H groups in total. The number of nitrogens with one attached hydrogen (secondary N) is 1. The first-order chi connectivity index (χ1) is 2.50. The number of aromatic amines is 1. The molecule has 4 radical (unpaired) electrons. The molecule has 3 heteroatoms. The Balaban J connectivity index is 0. The van der Waals surface area contributed by atoms with E-state index < -0.39 is 0 Å². The minimum absolute atomic E-state index is 0. The van der Waals surface area contributed by atoms with Crippen LogP contribution >= 0.6 is 0 Å². The van der Waals surface area contributed by atoms with Crippen molar-refractivity contribution in [2.75, 3.05) is 0 Å². The van der Waals surface area contributed by atoms with Crippen molar-refractivity contribution in [2.45, 2.75) is 0 Å². The Hall–Kier alpha value is 0.449. The topological polar surface area (TPSA) is 15.8 Å². The van der Waals surface area contributed by atoms with Crippen LogP contribution in [0.1, 0.15) is 0 Å². The van der Waals surface area contributed by atoms with Gasteiger partial charge in [0.2, 0.25) is 0 Å². The van der Waals surface area contributed by atoms with E-state index in [1.165, 1.54) is 0 Å². The first kappa shape index (κ1) is 10.4. The quantitative estimate of drug-likeness (QED) is 0.545. The van der Waals surface area contributed by atoms with Crippen molar-refractivity contribution in [3.05, 3.63) is 24.5 Å². The molecule has 1 aromatic heterocycles. The summed E-state index contributed by atoms with van der Waals surface area (Å²) in [6.45, 7) is 0. The van der Waals surface area contributed by atoms with E-state index >= 15 is 0 Å². The monoisotopic (exact) mass is 167 g/mol. The molecule has 0 saturated heterocycles. The van der Waals surface area contributed by atoms with Crippen LogP contribution in [0.2, 0.25) is 0 Å². The van der Waals surface area contributed by atoms with Gasteiger partial charge in [0.25, 0.3) is 0 Å². The number of aromatic nitrogens is 1. The molecule has 7 heavy (non-hydrogen) atoms. The van der Waals surface area contributed by atoms with E-state index in [4.69, 9.17) is 0 Å². The molecule has 1 heterocycles. The van der Waals surface area contributed by atoms with Gasteiger partial charge in [-0.05, 0) is 12.1 Å². The number of hydrogen-bond donors (Lipinski definition) is 1. The molecule has 0 spiro atoms. The molecule has 0 saturated carbocycles. The minimum Gasteiger partial charge on any atom is -0.368 e. The normalized spacial score (nSPS) is 5.71. The van der Waals surface area contributed by atoms with Gasteiger partial charge >= 0.3 is 0 Å². The average Bonchev–Trinajstić information content (AvgIpc) is 1.76. The Morgan fingerprint density at radius 2 is 1.43 bits per heavy atom. The second kappa shape index (κ2) is 6.45. The van der Waals surface area contributed by atoms with Crippen LogP contribution in [0.3, 0.4) is 0 Å². The second-order valence-electron chi connectivity index (χ2n) is 0.885. The van der Waals surface area contributed by atoms with Crippen molar-refractivity contribution in [2.24, 2.45) is 0 Å². The van der Waals surface area contributed by atoms with Gasteiger partial charge in [0.1, 0.15) is 0 Å². The van der Waals surface area contributed by atoms with Crippen molar-refractivity contribution in [3.63, 3.8) is 0 Å². The first-order valence-electron chi connectivity index (χ1n) is 1.58. The molecular formula is C4H5BNY. The molecule has 0 amide bonds. The van der Waals surface area contributed by atoms with E-state index in [1.807, 2.05) is 24.5 Å². The molecule has 0 unspecified atom stereocenters. The van der Waals surface area contributed by atoms with E-state index in [9.17, 15) is 0 Å². The summed E-state index contributed by atoms with van der Waals surface area (Å²) < 4.78 is 0. The molecule has 1 nitrogen and oxygen atoms in total. The Morgan fingerprint density at radius 3 is 1.57 bits per heavy atom. The van der Waals surface area contributed by atoms with E-state index in [0.29, 0.717) is 0 Å². The molecule has 0 aliphatic carbocycles. The minimum atomic E-state index is 0. The number of H-pyrrole nitrogens is 1. The van der Waals surface area contributed by atoms with Gasteiger partial charge in [-0.2, -0.15) is 0 Å². The third kappa shape index (κ3) is 4.30. The smallest absolute Gasteiger partial charge is 0.000496 e. The second-order valence-corrected chi connectivity index (χ2v) is 0.885. The van der Waals surface area contributed by atoms with E-state index in [0.717, 1.165) is 0 Å². The van der Waals surface area contributed by atoms with Crippen LogP contribution in [0.5, 0.6) is 0 Å². The summed E-state index contributed by atoms with van der Waals surface area (Å²) in [5.41, 5.74) is 0. The predicted octanol–water partition coefficient (Wildman–Crippen LogP) is 0.631. The van der Waals surface area contributed by atoms with E-state index in [1.54, 1.807) is 0 Å². The summed E-state index contributed by atoms with van der Waals surface area (Å²) in [4.78, 5) is 2.86. The van der Waals surface area contributed by atoms with Crippen LogP contribution in [0, 0.1) is 0 Å². The van der Waals surface area contributed by atoms with Crippen molar-refractivity contribution in [1.29, 1.82) is 0 Å². The molecule has 1 rings (SSSR count). The standard InChI is InChI=1S/C4H5N.B.Y/c1-2-4-5-3-1;;/h1-5H;;. The van der Waals surface area contributed by atoms with Crippen LogP contribution in [-0.4, -0.2) is 13.4 Å². The molecule has 0 atom stereocenters. The summed E-state index contributed by atoms with van der Waals surface area (Å²) in [6.07, 6.45) is 3.75. The van der Waals surface area contributed by atoms with Crippen LogP contribution in [0.15, 0.2) is 24.5 Å². The van der Waals surface area contributed by atoms with Gasteiger partial charge in [-0.25, -0.2) is 0 Å². The Kier molecular flexibility index (Phi) is 9.61. The Morgan fingerprint density at radius 1 is 1.00 bits per heavy atom. The summed E-state index contributed by atoms with van der Waals surface area (Å²) in [7, 11) is 0. The molecule has 1 aromatic rings. The maximum atomic E-state index is 2.86. The van der Waals surface area contributed by atoms with Crippen LogP contribution < -0.4 is 0 Å². The maximum absolute atomic E-state index is 2.86. The zero-order valence-corrected chi connectivity index (χ0v) is 6.80. The summed E-state index contributed by atoms with van der Waals surface area (Å²) >= 11 is 0. The van der Waals surface area contributed by atoms with Gasteiger partial charge in [-0.3, -0.25) is 0 Å². The molecular weight excluding hydrogens is 162 g/mol. The average molecular weight is 167 g/mol. The molecule has 0 aromatic carbocycles. The van der Waals surface area contributed by atoms with Crippen LogP contribution in [-0.2, 0) is 32.7 Å². The van der Waals surface area contributed by atoms with Crippen molar-refractivity contribution in [3.8, 4) is 0 Å². The molecule has 0 aliphatic heterocycles. The van der Waals surface area contributed by atoms with Gasteiger partial charge in [-0.15, -0.1) is 0 Å². The molecule has 32 valence electrons. The fourth-order valence-corrected chi connectivity index (χ4v) is 0.278. The van der Waals surface area contributed by atoms with Gasteiger partial charge < -0.3 is 4.98 Å². The number of hydrogen-bond acceptors (Lipinski definition) is 0. The summed E-state index contributed by atoms with van der Waals surface area (Å²) in [5.74, 6) is 0. The van der Waals surface area contributed by atoms with Crippen molar-refractivity contribution < 1.29 is 32.7 Å². The summed E-state index contributed by atoms with van der Waals surface area (Å²) in [6, 6.07) is 3.89. The van der Waals surface area contributed by atoms with Crippen molar-refractivity contribution in [1.82, 2.24) is 4.98 Å². The SMILES string of the molecule is [B].[Y].c1cc[nH]c1. The fourth-order valence-electron chi connectivity index (χ4n) is 0.278. The molecule has 0 aliphatic rings. The van der Waals surface area contributed by atoms with Crippen LogP contribution in [0.25, 0.3) is 0 Å². The largest absolute Gasteiger partial charge is 0.368 e. The van der Waals surface area contributed by atoms with E-state index in [2.05, 4.69) is 4.98 Å². The first-order valence-corrected chi connectivity index (χ1v) is 1.58. The van der Waals surface area contributed by atoms with Crippen LogP contribution in [0.4, 0.5) is 0 Å². The van der Waals surface area contributed by atoms with E-state index in [-0.39, 0.29) is 41.1 Å². The summed E-state index contributed by atoms with van der Waals surface area (Å²) in [5, 5.41) is 0. The van der Waals surface area contributed by atoms with Gasteiger partial charge in [0.05, 0.1) is 0 Å². The van der Waals surface area contributed by atoms with Gasteiger partial charge in [-0.1, -0.05) is 0 Å². The van der Waals surface area contributed by atoms with Gasteiger partial charge in [0.15, 0.2) is 0 Å². The van der Waals surface area contributed by atoms with Crippen molar-refractivity contribution >= 4 is 8.41 Å². The zero-order chi connectivity index (χ0) is 3.54. The maximum Gasteiger partial charge on any atom is 0.000496 e. The third-order valence-electron chi connectivity index (χ3n) is 0.496. The Labute approximate surface area is 70.3 Å². The van der Waals surface area contributed by atoms with Gasteiger partial charge in [0, 0.05) is 53.5 Å². The number of rotatable bonds is 0. The predicted molar refractivity (Wildman–Crippen MR) is 26.5 cm³/mol. The third-order valence-corrected chi connectivity index (χ3v) is 0.496. The fraction of sp³-hybridized carbons (Fsp3) is 0. The zero-order valence-electron chi connectivity index (χ0n) is 3.96.